The fourth-order valence-corrected chi connectivity index (χ4v) is 3.10. The number of piperidine rings is 1. The summed E-state index contributed by atoms with van der Waals surface area (Å²) in [6.45, 7) is 4.51. The quantitative estimate of drug-likeness (QED) is 0.845. The molecular formula is C14H23N3O2S. The number of pyridine rings is 1. The molecule has 0 aliphatic carbocycles. The Morgan fingerprint density at radius 3 is 2.90 bits per heavy atom. The van der Waals surface area contributed by atoms with Crippen LogP contribution in [0.1, 0.15) is 18.4 Å². The van der Waals surface area contributed by atoms with Gasteiger partial charge in [-0.2, -0.15) is 0 Å². The van der Waals surface area contributed by atoms with E-state index in [1.54, 1.807) is 7.05 Å². The van der Waals surface area contributed by atoms with Gasteiger partial charge in [0.15, 0.2) is 0 Å². The van der Waals surface area contributed by atoms with Gasteiger partial charge in [0.05, 0.1) is 6.26 Å². The monoisotopic (exact) mass is 297 g/mol. The van der Waals surface area contributed by atoms with Gasteiger partial charge in [0.2, 0.25) is 10.0 Å². The van der Waals surface area contributed by atoms with Gasteiger partial charge in [-0.1, -0.05) is 0 Å². The van der Waals surface area contributed by atoms with Crippen LogP contribution in [0.15, 0.2) is 18.3 Å². The molecular weight excluding hydrogens is 274 g/mol. The highest BCUT2D eigenvalue weighted by Gasteiger charge is 2.24. The highest BCUT2D eigenvalue weighted by atomic mass is 32.2. The van der Waals surface area contributed by atoms with Crippen LogP contribution in [0.25, 0.3) is 0 Å². The highest BCUT2D eigenvalue weighted by molar-refractivity contribution is 7.88. The van der Waals surface area contributed by atoms with E-state index in [1.165, 1.54) is 16.1 Å². The maximum absolute atomic E-state index is 11.5. The Morgan fingerprint density at radius 2 is 2.25 bits per heavy atom. The van der Waals surface area contributed by atoms with Crippen molar-refractivity contribution in [1.82, 2.24) is 9.29 Å². The lowest BCUT2D eigenvalue weighted by molar-refractivity contribution is 0.336. The minimum atomic E-state index is -3.09. The lowest BCUT2D eigenvalue weighted by atomic mass is 9.98. The first-order valence-corrected chi connectivity index (χ1v) is 8.80. The summed E-state index contributed by atoms with van der Waals surface area (Å²) in [4.78, 5) is 6.68. The Hall–Kier alpha value is -1.14. The third-order valence-corrected chi connectivity index (χ3v) is 5.11. The maximum Gasteiger partial charge on any atom is 0.210 e. The predicted molar refractivity (Wildman–Crippen MR) is 81.4 cm³/mol. The van der Waals surface area contributed by atoms with E-state index < -0.39 is 10.0 Å². The Labute approximate surface area is 121 Å². The van der Waals surface area contributed by atoms with Gasteiger partial charge in [0.1, 0.15) is 5.82 Å². The van der Waals surface area contributed by atoms with Gasteiger partial charge in [-0.3, -0.25) is 0 Å². The SMILES string of the molecule is Cc1ccnc(N2CCCC(CN(C)S(C)(=O)=O)C2)c1. The molecule has 0 spiro atoms. The first-order valence-electron chi connectivity index (χ1n) is 6.95. The van der Waals surface area contributed by atoms with Crippen LogP contribution in [0.4, 0.5) is 5.82 Å². The third-order valence-electron chi connectivity index (χ3n) is 3.83. The van der Waals surface area contributed by atoms with Crippen molar-refractivity contribution < 1.29 is 8.42 Å². The molecule has 2 heterocycles. The molecule has 0 radical (unpaired) electrons. The average molecular weight is 297 g/mol. The minimum Gasteiger partial charge on any atom is -0.356 e. The fraction of sp³-hybridized carbons (Fsp3) is 0.643. The first kappa shape index (κ1) is 15.3. The predicted octanol–water partition coefficient (Wildman–Crippen LogP) is 1.50. The number of sulfonamides is 1. The number of aromatic nitrogens is 1. The summed E-state index contributed by atoms with van der Waals surface area (Å²) in [6, 6.07) is 4.07. The van der Waals surface area contributed by atoms with Crippen LogP contribution in [-0.2, 0) is 10.0 Å². The molecule has 1 aliphatic rings. The van der Waals surface area contributed by atoms with Gasteiger partial charge in [0.25, 0.3) is 0 Å². The standard InChI is InChI=1S/C14H23N3O2S/c1-12-6-7-15-14(9-12)17-8-4-5-13(11-17)10-16(2)20(3,18)19/h6-7,9,13H,4-5,8,10-11H2,1-3H3. The van der Waals surface area contributed by atoms with Crippen LogP contribution < -0.4 is 4.90 Å². The van der Waals surface area contributed by atoms with Crippen molar-refractivity contribution in [1.29, 1.82) is 0 Å². The van der Waals surface area contributed by atoms with Crippen molar-refractivity contribution in [3.63, 3.8) is 0 Å². The largest absolute Gasteiger partial charge is 0.356 e. The lowest BCUT2D eigenvalue weighted by Gasteiger charge is -2.35. The first-order chi connectivity index (χ1) is 9.36. The summed E-state index contributed by atoms with van der Waals surface area (Å²) in [5.74, 6) is 1.36. The summed E-state index contributed by atoms with van der Waals surface area (Å²) in [5.41, 5.74) is 1.20. The number of anilines is 1. The Morgan fingerprint density at radius 1 is 1.50 bits per heavy atom. The fourth-order valence-electron chi connectivity index (χ4n) is 2.61. The molecule has 1 saturated heterocycles. The van der Waals surface area contributed by atoms with Crippen LogP contribution in [-0.4, -0.2) is 50.6 Å². The van der Waals surface area contributed by atoms with Crippen LogP contribution in [0.5, 0.6) is 0 Å². The Balaban J connectivity index is 2.02. The van der Waals surface area contributed by atoms with Gasteiger partial charge in [-0.05, 0) is 43.4 Å². The van der Waals surface area contributed by atoms with Crippen LogP contribution in [0.2, 0.25) is 0 Å². The molecule has 0 aromatic carbocycles. The van der Waals surface area contributed by atoms with E-state index in [1.807, 2.05) is 12.3 Å². The maximum atomic E-state index is 11.5. The normalized spacial score (nSPS) is 20.4. The number of hydrogen-bond donors (Lipinski definition) is 0. The van der Waals surface area contributed by atoms with Gasteiger partial charge < -0.3 is 4.90 Å². The molecule has 1 aliphatic heterocycles. The number of nitrogens with zero attached hydrogens (tertiary/aromatic N) is 3. The molecule has 0 N–H and O–H groups in total. The second-order valence-electron chi connectivity index (χ2n) is 5.69. The van der Waals surface area contributed by atoms with E-state index >= 15 is 0 Å². The second kappa shape index (κ2) is 6.10. The zero-order valence-electron chi connectivity index (χ0n) is 12.4. The van der Waals surface area contributed by atoms with Crippen LogP contribution >= 0.6 is 0 Å². The van der Waals surface area contributed by atoms with Gasteiger partial charge in [0, 0.05) is 32.9 Å². The molecule has 1 fully saturated rings. The second-order valence-corrected chi connectivity index (χ2v) is 7.78. The summed E-state index contributed by atoms with van der Waals surface area (Å²) in [5, 5.41) is 0. The molecule has 5 nitrogen and oxygen atoms in total. The van der Waals surface area contributed by atoms with Crippen LogP contribution in [0.3, 0.4) is 0 Å². The molecule has 20 heavy (non-hydrogen) atoms. The van der Waals surface area contributed by atoms with Crippen molar-refractivity contribution in [2.75, 3.05) is 37.8 Å². The molecule has 0 bridgehead atoms. The smallest absolute Gasteiger partial charge is 0.210 e. The van der Waals surface area contributed by atoms with Crippen molar-refractivity contribution in [3.05, 3.63) is 23.9 Å². The third kappa shape index (κ3) is 3.93. The summed E-state index contributed by atoms with van der Waals surface area (Å²) in [7, 11) is -1.44. The van der Waals surface area contributed by atoms with Crippen molar-refractivity contribution in [2.45, 2.75) is 19.8 Å². The molecule has 0 saturated carbocycles. The number of aryl methyl sites for hydroxylation is 1. The van der Waals surface area contributed by atoms with Crippen molar-refractivity contribution in [3.8, 4) is 0 Å². The Kier molecular flexibility index (Phi) is 4.65. The molecule has 1 unspecified atom stereocenters. The summed E-state index contributed by atoms with van der Waals surface area (Å²) < 4.78 is 24.5. The molecule has 6 heteroatoms. The lowest BCUT2D eigenvalue weighted by Crippen LogP contribution is -2.41. The topological polar surface area (TPSA) is 53.5 Å². The van der Waals surface area contributed by atoms with Gasteiger partial charge in [-0.25, -0.2) is 17.7 Å². The van der Waals surface area contributed by atoms with E-state index in [4.69, 9.17) is 0 Å². The van der Waals surface area contributed by atoms with Gasteiger partial charge in [-0.15, -0.1) is 0 Å². The Bertz CT molecular complexity index is 559. The molecule has 2 rings (SSSR count). The van der Waals surface area contributed by atoms with E-state index in [9.17, 15) is 8.42 Å². The number of hydrogen-bond acceptors (Lipinski definition) is 4. The molecule has 0 amide bonds. The van der Waals surface area contributed by atoms with E-state index in [-0.39, 0.29) is 0 Å². The van der Waals surface area contributed by atoms with E-state index in [0.29, 0.717) is 12.5 Å². The minimum absolute atomic E-state index is 0.366. The zero-order valence-corrected chi connectivity index (χ0v) is 13.2. The zero-order chi connectivity index (χ0) is 14.8. The van der Waals surface area contributed by atoms with Crippen LogP contribution in [0, 0.1) is 12.8 Å². The van der Waals surface area contributed by atoms with E-state index in [0.717, 1.165) is 31.7 Å². The summed E-state index contributed by atoms with van der Waals surface area (Å²) in [6.07, 6.45) is 5.24. The molecule has 1 aromatic rings. The average Bonchev–Trinajstić information content (AvgIpc) is 2.38. The van der Waals surface area contributed by atoms with Gasteiger partial charge >= 0.3 is 0 Å². The van der Waals surface area contributed by atoms with E-state index in [2.05, 4.69) is 22.9 Å². The highest BCUT2D eigenvalue weighted by Crippen LogP contribution is 2.23. The molecule has 1 atom stereocenters. The van der Waals surface area contributed by atoms with Crippen molar-refractivity contribution >= 4 is 15.8 Å². The summed E-state index contributed by atoms with van der Waals surface area (Å²) >= 11 is 0. The molecule has 1 aromatic heterocycles. The number of rotatable bonds is 4. The van der Waals surface area contributed by atoms with Crippen molar-refractivity contribution in [2.24, 2.45) is 5.92 Å². The molecule has 112 valence electrons.